The number of benzene rings is 3. The first-order valence-corrected chi connectivity index (χ1v) is 19.4. The molecule has 0 heterocycles. The molecule has 234 valence electrons. The van der Waals surface area contributed by atoms with Gasteiger partial charge in [0.05, 0.1) is 18.4 Å². The highest BCUT2D eigenvalue weighted by Crippen LogP contribution is 2.45. The first-order valence-electron chi connectivity index (χ1n) is 14.6. The van der Waals surface area contributed by atoms with E-state index < -0.39 is 24.3 Å². The predicted molar refractivity (Wildman–Crippen MR) is 176 cm³/mol. The van der Waals surface area contributed by atoms with Crippen LogP contribution in [0.4, 0.5) is 5.69 Å². The first kappa shape index (κ1) is 34.3. The van der Waals surface area contributed by atoms with Crippen LogP contribution in [0.1, 0.15) is 55.4 Å². The van der Waals surface area contributed by atoms with E-state index in [1.807, 2.05) is 85.9 Å². The van der Waals surface area contributed by atoms with Gasteiger partial charge in [-0.3, -0.25) is 9.52 Å². The average Bonchev–Trinajstić information content (AvgIpc) is 2.89. The van der Waals surface area contributed by atoms with Gasteiger partial charge in [-0.05, 0) is 78.2 Å². The van der Waals surface area contributed by atoms with Gasteiger partial charge in [-0.25, -0.2) is 8.42 Å². The molecule has 3 aromatic rings. The fraction of sp³-hybridized carbons (Fsp3) is 0.424. The van der Waals surface area contributed by atoms with E-state index in [1.54, 1.807) is 0 Å². The molecule has 10 heteroatoms. The maximum Gasteiger partial charge on any atom is 0.307 e. The molecular formula is C33H46N2O6SSi. The molecule has 0 aliphatic heterocycles. The Balaban J connectivity index is 1.86. The molecule has 0 saturated carbocycles. The monoisotopic (exact) mass is 626 g/mol. The van der Waals surface area contributed by atoms with Crippen molar-refractivity contribution >= 4 is 30.0 Å². The highest BCUT2D eigenvalue weighted by atomic mass is 32.2. The van der Waals surface area contributed by atoms with Crippen LogP contribution in [0.5, 0.6) is 5.75 Å². The largest absolute Gasteiger partial charge is 0.487 e. The molecular weight excluding hydrogens is 581 g/mol. The third-order valence-corrected chi connectivity index (χ3v) is 12.1. The fourth-order valence-corrected chi connectivity index (χ4v) is 6.23. The Morgan fingerprint density at radius 2 is 1.63 bits per heavy atom. The van der Waals surface area contributed by atoms with Gasteiger partial charge in [0.25, 0.3) is 0 Å². The van der Waals surface area contributed by atoms with Crippen molar-refractivity contribution in [2.75, 3.05) is 17.5 Å². The Morgan fingerprint density at radius 1 is 0.977 bits per heavy atom. The molecule has 0 aliphatic rings. The minimum absolute atomic E-state index is 0.0114. The SMILES string of the molecule is C[C@H](Cc1cccc(CC(=O)O)c1)NC[C@H](CC(C)(C)[Si](C)(C)O)c1ccc(OCc2ccccc2)c(NS(C)(=O)=O)c1. The summed E-state index contributed by atoms with van der Waals surface area (Å²) in [5, 5.41) is 12.5. The summed E-state index contributed by atoms with van der Waals surface area (Å²) in [6.45, 7) is 11.1. The van der Waals surface area contributed by atoms with Crippen molar-refractivity contribution in [1.82, 2.24) is 5.32 Å². The number of nitrogens with one attached hydrogen (secondary N) is 2. The molecule has 0 radical (unpaired) electrons. The molecule has 0 saturated heterocycles. The molecule has 0 spiro atoms. The summed E-state index contributed by atoms with van der Waals surface area (Å²) in [4.78, 5) is 22.2. The topological polar surface area (TPSA) is 125 Å². The number of ether oxygens (including phenoxy) is 1. The summed E-state index contributed by atoms with van der Waals surface area (Å²) in [5.74, 6) is -0.446. The lowest BCUT2D eigenvalue weighted by Gasteiger charge is -2.38. The minimum atomic E-state index is -3.57. The zero-order chi connectivity index (χ0) is 31.8. The maximum absolute atomic E-state index is 12.3. The van der Waals surface area contributed by atoms with Crippen LogP contribution in [0, 0.1) is 0 Å². The second-order valence-corrected chi connectivity index (χ2v) is 18.9. The summed E-state index contributed by atoms with van der Waals surface area (Å²) < 4.78 is 33.3. The van der Waals surface area contributed by atoms with Gasteiger partial charge in [0.1, 0.15) is 12.4 Å². The van der Waals surface area contributed by atoms with Crippen LogP contribution in [0.3, 0.4) is 0 Å². The van der Waals surface area contributed by atoms with Gasteiger partial charge in [-0.2, -0.15) is 0 Å². The number of rotatable bonds is 16. The standard InChI is InChI=1S/C33H46N2O6SSi/c1-24(17-26-13-10-14-27(18-26)19-32(36)37)34-22-29(21-33(2,3)43(5,6)40)28-15-16-31(30(20-28)35-42(4,38)39)41-23-25-11-8-7-9-12-25/h7-16,18,20,24,29,34-35,40H,17,19,21-23H2,1-6H3,(H,36,37)/t24-,29+/m1/s1. The molecule has 43 heavy (non-hydrogen) atoms. The molecule has 0 fully saturated rings. The molecule has 0 bridgehead atoms. The van der Waals surface area contributed by atoms with Gasteiger partial charge < -0.3 is 20.0 Å². The summed E-state index contributed by atoms with van der Waals surface area (Å²) in [6.07, 6.45) is 2.52. The van der Waals surface area contributed by atoms with E-state index in [9.17, 15) is 18.0 Å². The summed E-state index contributed by atoms with van der Waals surface area (Å²) >= 11 is 0. The molecule has 0 aliphatic carbocycles. The van der Waals surface area contributed by atoms with E-state index in [0.717, 1.165) is 34.9 Å². The van der Waals surface area contributed by atoms with Gasteiger partial charge in [-0.1, -0.05) is 74.5 Å². The van der Waals surface area contributed by atoms with E-state index >= 15 is 0 Å². The smallest absolute Gasteiger partial charge is 0.307 e. The highest BCUT2D eigenvalue weighted by Gasteiger charge is 2.40. The van der Waals surface area contributed by atoms with E-state index in [0.29, 0.717) is 31.0 Å². The molecule has 8 nitrogen and oxygen atoms in total. The lowest BCUT2D eigenvalue weighted by atomic mass is 9.88. The normalized spacial score (nSPS) is 13.7. The van der Waals surface area contributed by atoms with Crippen LogP contribution in [0.2, 0.25) is 18.1 Å². The van der Waals surface area contributed by atoms with Gasteiger partial charge in [0.2, 0.25) is 10.0 Å². The number of carboxylic acid groups (broad SMARTS) is 1. The lowest BCUT2D eigenvalue weighted by molar-refractivity contribution is -0.136. The van der Waals surface area contributed by atoms with Gasteiger partial charge in [0, 0.05) is 12.6 Å². The number of sulfonamides is 1. The second-order valence-electron chi connectivity index (χ2n) is 12.7. The van der Waals surface area contributed by atoms with E-state index in [1.165, 1.54) is 0 Å². The van der Waals surface area contributed by atoms with Crippen molar-refractivity contribution < 1.29 is 27.9 Å². The zero-order valence-electron chi connectivity index (χ0n) is 26.1. The summed E-state index contributed by atoms with van der Waals surface area (Å²) in [5.41, 5.74) is 4.11. The molecule has 3 aromatic carbocycles. The van der Waals surface area contributed by atoms with Crippen LogP contribution >= 0.6 is 0 Å². The van der Waals surface area contributed by atoms with Crippen LogP contribution in [0.25, 0.3) is 0 Å². The van der Waals surface area contributed by atoms with Crippen molar-refractivity contribution in [1.29, 1.82) is 0 Å². The second kappa shape index (κ2) is 14.5. The van der Waals surface area contributed by atoms with Crippen LogP contribution < -0.4 is 14.8 Å². The molecule has 0 unspecified atom stereocenters. The molecule has 3 rings (SSSR count). The van der Waals surface area contributed by atoms with Crippen LogP contribution in [-0.2, 0) is 34.3 Å². The Labute approximate surface area is 257 Å². The van der Waals surface area contributed by atoms with Crippen molar-refractivity contribution in [2.24, 2.45) is 0 Å². The average molecular weight is 627 g/mol. The van der Waals surface area contributed by atoms with Crippen LogP contribution in [0.15, 0.2) is 72.8 Å². The number of hydrogen-bond donors (Lipinski definition) is 4. The van der Waals surface area contributed by atoms with Crippen LogP contribution in [-0.4, -0.2) is 51.4 Å². The number of carboxylic acids is 1. The lowest BCUT2D eigenvalue weighted by Crippen LogP contribution is -2.41. The van der Waals surface area contributed by atoms with Crippen molar-refractivity contribution in [3.63, 3.8) is 0 Å². The molecule has 2 atom stereocenters. The summed E-state index contributed by atoms with van der Waals surface area (Å²) in [6, 6.07) is 23.0. The first-order chi connectivity index (χ1) is 20.0. The molecule has 0 amide bonds. The van der Waals surface area contributed by atoms with E-state index in [2.05, 4.69) is 30.8 Å². The summed E-state index contributed by atoms with van der Waals surface area (Å²) in [7, 11) is -6.11. The third-order valence-electron chi connectivity index (χ3n) is 8.02. The highest BCUT2D eigenvalue weighted by molar-refractivity contribution is 7.92. The van der Waals surface area contributed by atoms with Gasteiger partial charge in [0.15, 0.2) is 8.32 Å². The molecule has 4 N–H and O–H groups in total. The van der Waals surface area contributed by atoms with Crippen molar-refractivity contribution in [3.8, 4) is 5.75 Å². The maximum atomic E-state index is 12.3. The minimum Gasteiger partial charge on any atom is -0.487 e. The zero-order valence-corrected chi connectivity index (χ0v) is 27.9. The number of hydrogen-bond acceptors (Lipinski definition) is 6. The Morgan fingerprint density at radius 3 is 2.26 bits per heavy atom. The molecule has 0 aromatic heterocycles. The number of anilines is 1. The predicted octanol–water partition coefficient (Wildman–Crippen LogP) is 5.94. The van der Waals surface area contributed by atoms with Gasteiger partial charge >= 0.3 is 5.97 Å². The number of carbonyl (C=O) groups is 1. The third kappa shape index (κ3) is 11.1. The fourth-order valence-electron chi connectivity index (χ4n) is 4.93. The van der Waals surface area contributed by atoms with Crippen molar-refractivity contribution in [2.45, 2.75) is 76.7 Å². The van der Waals surface area contributed by atoms with E-state index in [4.69, 9.17) is 9.84 Å². The van der Waals surface area contributed by atoms with Gasteiger partial charge in [-0.15, -0.1) is 0 Å². The Kier molecular flexibility index (Phi) is 11.6. The van der Waals surface area contributed by atoms with Crippen molar-refractivity contribution in [3.05, 3.63) is 95.1 Å². The quantitative estimate of drug-likeness (QED) is 0.145. The Bertz CT molecular complexity index is 1470. The number of aliphatic carboxylic acids is 1. The van der Waals surface area contributed by atoms with E-state index in [-0.39, 0.29) is 23.4 Å². The Hall–Kier alpha value is -3.18.